The second kappa shape index (κ2) is 9.83. The van der Waals surface area contributed by atoms with E-state index in [1.54, 1.807) is 0 Å². The van der Waals surface area contributed by atoms with Crippen molar-refractivity contribution in [3.8, 4) is 22.3 Å². The standard InChI is InChI=1S/C41H26O/c42-41(39-35-21-9-7-17-29(35)25-31-19-11-23-33(37(31)39)27-13-3-1-4-14-27)40-36-22-10-8-18-30(36)26-32-20-12-24-34(38(32)40)28-15-5-2-6-16-28/h1-26H. The predicted octanol–water partition coefficient (Wildman–Crippen LogP) is 10.9. The van der Waals surface area contributed by atoms with Crippen molar-refractivity contribution in [2.45, 2.75) is 0 Å². The van der Waals surface area contributed by atoms with Gasteiger partial charge < -0.3 is 0 Å². The molecule has 0 amide bonds. The van der Waals surface area contributed by atoms with Gasteiger partial charge in [-0.1, -0.05) is 146 Å². The van der Waals surface area contributed by atoms with E-state index in [4.69, 9.17) is 0 Å². The fraction of sp³-hybridized carbons (Fsp3) is 0. The largest absolute Gasteiger partial charge is 0.289 e. The van der Waals surface area contributed by atoms with Crippen LogP contribution < -0.4 is 0 Å². The summed E-state index contributed by atoms with van der Waals surface area (Å²) in [5.41, 5.74) is 5.83. The maximum atomic E-state index is 15.5. The average Bonchev–Trinajstić information content (AvgIpc) is 3.06. The van der Waals surface area contributed by atoms with Crippen LogP contribution in [0, 0.1) is 0 Å². The molecule has 0 atom stereocenters. The average molecular weight is 535 g/mol. The van der Waals surface area contributed by atoms with Crippen LogP contribution in [0.4, 0.5) is 0 Å². The molecule has 0 saturated heterocycles. The third kappa shape index (κ3) is 3.83. The van der Waals surface area contributed by atoms with Crippen molar-refractivity contribution in [2.75, 3.05) is 0 Å². The predicted molar refractivity (Wildman–Crippen MR) is 177 cm³/mol. The summed E-state index contributed by atoms with van der Waals surface area (Å²) in [5.74, 6) is 0.0466. The van der Waals surface area contributed by atoms with Gasteiger partial charge in [0.25, 0.3) is 0 Å². The Morgan fingerprint density at radius 2 is 0.738 bits per heavy atom. The van der Waals surface area contributed by atoms with E-state index in [1.807, 2.05) is 36.4 Å². The van der Waals surface area contributed by atoms with Gasteiger partial charge in [-0.25, -0.2) is 0 Å². The molecule has 0 saturated carbocycles. The number of rotatable bonds is 4. The Hall–Kier alpha value is -5.53. The summed E-state index contributed by atoms with van der Waals surface area (Å²) in [4.78, 5) is 15.5. The number of hydrogen-bond acceptors (Lipinski definition) is 1. The van der Waals surface area contributed by atoms with Crippen LogP contribution in [-0.2, 0) is 0 Å². The molecule has 8 rings (SSSR count). The van der Waals surface area contributed by atoms with Gasteiger partial charge in [0, 0.05) is 21.9 Å². The first-order valence-electron chi connectivity index (χ1n) is 14.3. The highest BCUT2D eigenvalue weighted by Gasteiger charge is 2.24. The van der Waals surface area contributed by atoms with Crippen LogP contribution in [-0.4, -0.2) is 5.78 Å². The van der Waals surface area contributed by atoms with Gasteiger partial charge in [-0.05, 0) is 66.7 Å². The number of ketones is 1. The second-order valence-electron chi connectivity index (χ2n) is 10.8. The van der Waals surface area contributed by atoms with Crippen LogP contribution in [0.1, 0.15) is 15.9 Å². The third-order valence-electron chi connectivity index (χ3n) is 8.40. The lowest BCUT2D eigenvalue weighted by molar-refractivity contribution is 0.104. The zero-order valence-corrected chi connectivity index (χ0v) is 22.9. The van der Waals surface area contributed by atoms with Crippen LogP contribution in [0.15, 0.2) is 158 Å². The van der Waals surface area contributed by atoms with Crippen LogP contribution in [0.2, 0.25) is 0 Å². The fourth-order valence-corrected chi connectivity index (χ4v) is 6.56. The summed E-state index contributed by atoms with van der Waals surface area (Å²) in [5, 5.41) is 8.17. The highest BCUT2D eigenvalue weighted by atomic mass is 16.1. The van der Waals surface area contributed by atoms with Crippen molar-refractivity contribution in [1.29, 1.82) is 0 Å². The van der Waals surface area contributed by atoms with Gasteiger partial charge in [-0.3, -0.25) is 4.79 Å². The first-order valence-corrected chi connectivity index (χ1v) is 14.3. The van der Waals surface area contributed by atoms with Crippen LogP contribution in [0.5, 0.6) is 0 Å². The number of carbonyl (C=O) groups is 1. The Bertz CT molecular complexity index is 2130. The molecule has 1 nitrogen and oxygen atoms in total. The van der Waals surface area contributed by atoms with E-state index in [0.717, 1.165) is 76.5 Å². The van der Waals surface area contributed by atoms with Gasteiger partial charge >= 0.3 is 0 Å². The fourth-order valence-electron chi connectivity index (χ4n) is 6.56. The summed E-state index contributed by atoms with van der Waals surface area (Å²) < 4.78 is 0. The molecule has 8 aromatic rings. The van der Waals surface area contributed by atoms with E-state index in [0.29, 0.717) is 0 Å². The zero-order chi connectivity index (χ0) is 28.0. The normalized spacial score (nSPS) is 11.4. The molecule has 0 spiro atoms. The molecule has 0 aliphatic heterocycles. The van der Waals surface area contributed by atoms with E-state index in [2.05, 4.69) is 121 Å². The van der Waals surface area contributed by atoms with Crippen molar-refractivity contribution in [2.24, 2.45) is 0 Å². The van der Waals surface area contributed by atoms with Gasteiger partial charge in [0.2, 0.25) is 0 Å². The van der Waals surface area contributed by atoms with Crippen molar-refractivity contribution in [3.05, 3.63) is 169 Å². The topological polar surface area (TPSA) is 17.1 Å². The number of fused-ring (bicyclic) bond motifs is 4. The van der Waals surface area contributed by atoms with E-state index in [9.17, 15) is 0 Å². The maximum Gasteiger partial charge on any atom is 0.195 e. The molecule has 0 unspecified atom stereocenters. The summed E-state index contributed by atoms with van der Waals surface area (Å²) in [6, 6.07) is 54.5. The Morgan fingerprint density at radius 1 is 0.357 bits per heavy atom. The number of hydrogen-bond donors (Lipinski definition) is 0. The molecule has 8 aromatic carbocycles. The van der Waals surface area contributed by atoms with Crippen molar-refractivity contribution < 1.29 is 4.79 Å². The summed E-state index contributed by atoms with van der Waals surface area (Å²) in [6.07, 6.45) is 0. The highest BCUT2D eigenvalue weighted by Crippen LogP contribution is 2.41. The quantitative estimate of drug-likeness (QED) is 0.162. The molecular formula is C41H26O. The smallest absolute Gasteiger partial charge is 0.195 e. The molecule has 0 N–H and O–H groups in total. The van der Waals surface area contributed by atoms with Crippen molar-refractivity contribution >= 4 is 48.9 Å². The molecule has 0 radical (unpaired) electrons. The number of carbonyl (C=O) groups excluding carboxylic acids is 1. The molecule has 42 heavy (non-hydrogen) atoms. The molecule has 196 valence electrons. The molecule has 0 fully saturated rings. The Morgan fingerprint density at radius 3 is 1.19 bits per heavy atom. The third-order valence-corrected chi connectivity index (χ3v) is 8.40. The lowest BCUT2D eigenvalue weighted by atomic mass is 9.83. The van der Waals surface area contributed by atoms with Crippen LogP contribution in [0.25, 0.3) is 65.3 Å². The van der Waals surface area contributed by atoms with E-state index in [1.165, 1.54) is 0 Å². The molecule has 1 heteroatoms. The second-order valence-corrected chi connectivity index (χ2v) is 10.8. The molecule has 0 aliphatic carbocycles. The summed E-state index contributed by atoms with van der Waals surface area (Å²) in [7, 11) is 0. The Kier molecular flexibility index (Phi) is 5.68. The Balaban J connectivity index is 1.55. The Labute approximate surface area is 244 Å². The monoisotopic (exact) mass is 534 g/mol. The molecule has 0 heterocycles. The number of benzene rings is 8. The van der Waals surface area contributed by atoms with Crippen LogP contribution >= 0.6 is 0 Å². The molecule has 0 aliphatic rings. The van der Waals surface area contributed by atoms with Gasteiger partial charge in [0.15, 0.2) is 5.78 Å². The van der Waals surface area contributed by atoms with Crippen molar-refractivity contribution in [1.82, 2.24) is 0 Å². The van der Waals surface area contributed by atoms with Crippen molar-refractivity contribution in [3.63, 3.8) is 0 Å². The lowest BCUT2D eigenvalue weighted by Crippen LogP contribution is -2.07. The minimum atomic E-state index is 0.0466. The summed E-state index contributed by atoms with van der Waals surface area (Å²) in [6.45, 7) is 0. The van der Waals surface area contributed by atoms with Gasteiger partial charge in [0.1, 0.15) is 0 Å². The zero-order valence-electron chi connectivity index (χ0n) is 22.9. The molecule has 0 bridgehead atoms. The van der Waals surface area contributed by atoms with E-state index in [-0.39, 0.29) is 5.78 Å². The molecule has 0 aromatic heterocycles. The van der Waals surface area contributed by atoms with E-state index < -0.39 is 0 Å². The summed E-state index contributed by atoms with van der Waals surface area (Å²) >= 11 is 0. The van der Waals surface area contributed by atoms with Crippen LogP contribution in [0.3, 0.4) is 0 Å². The minimum absolute atomic E-state index is 0.0466. The first-order chi connectivity index (χ1) is 20.8. The van der Waals surface area contributed by atoms with E-state index >= 15 is 4.79 Å². The SMILES string of the molecule is O=C(c1c2ccccc2cc2cccc(-c3ccccc3)c12)c1c2ccccc2cc2cccc(-c3ccccc3)c12. The minimum Gasteiger partial charge on any atom is -0.289 e. The maximum absolute atomic E-state index is 15.5. The lowest BCUT2D eigenvalue weighted by Gasteiger charge is -2.18. The first kappa shape index (κ1) is 24.3. The molecular weight excluding hydrogens is 508 g/mol. The van der Waals surface area contributed by atoms with Gasteiger partial charge in [-0.2, -0.15) is 0 Å². The van der Waals surface area contributed by atoms with Gasteiger partial charge in [0.05, 0.1) is 0 Å². The highest BCUT2D eigenvalue weighted by molar-refractivity contribution is 6.34. The van der Waals surface area contributed by atoms with Gasteiger partial charge in [-0.15, -0.1) is 0 Å².